The summed E-state index contributed by atoms with van der Waals surface area (Å²) in [5.41, 5.74) is 8.72. The van der Waals surface area contributed by atoms with Crippen LogP contribution in [0.25, 0.3) is 0 Å². The number of primary amides is 1. The Morgan fingerprint density at radius 1 is 1.23 bits per heavy atom. The SMILES string of the molecule is Cc1cccc(NC(=O)Nc2sc3c(c2C(N)=O)CCC3)c1. The fourth-order valence-electron chi connectivity index (χ4n) is 2.74. The molecule has 114 valence electrons. The van der Waals surface area contributed by atoms with Crippen molar-refractivity contribution in [1.82, 2.24) is 0 Å². The van der Waals surface area contributed by atoms with Crippen LogP contribution >= 0.6 is 11.3 Å². The molecule has 5 nitrogen and oxygen atoms in total. The fourth-order valence-corrected chi connectivity index (χ4v) is 4.03. The molecule has 6 heteroatoms. The van der Waals surface area contributed by atoms with Gasteiger partial charge in [-0.05, 0) is 49.4 Å². The molecule has 1 aliphatic rings. The molecule has 0 aliphatic heterocycles. The highest BCUT2D eigenvalue weighted by Crippen LogP contribution is 2.38. The third kappa shape index (κ3) is 2.82. The molecule has 0 fully saturated rings. The van der Waals surface area contributed by atoms with Gasteiger partial charge < -0.3 is 11.1 Å². The maximum Gasteiger partial charge on any atom is 0.324 e. The molecule has 0 saturated carbocycles. The number of anilines is 2. The maximum absolute atomic E-state index is 12.1. The zero-order chi connectivity index (χ0) is 15.7. The van der Waals surface area contributed by atoms with E-state index >= 15 is 0 Å². The first-order valence-electron chi connectivity index (χ1n) is 7.13. The number of benzene rings is 1. The van der Waals surface area contributed by atoms with Crippen molar-refractivity contribution in [3.8, 4) is 0 Å². The second-order valence-corrected chi connectivity index (χ2v) is 6.48. The molecule has 3 amide bonds. The second kappa shape index (κ2) is 5.81. The molecule has 22 heavy (non-hydrogen) atoms. The number of carbonyl (C=O) groups is 2. The van der Waals surface area contributed by atoms with E-state index in [-0.39, 0.29) is 6.03 Å². The Morgan fingerprint density at radius 3 is 2.77 bits per heavy atom. The minimum Gasteiger partial charge on any atom is -0.365 e. The van der Waals surface area contributed by atoms with Gasteiger partial charge in [0.2, 0.25) is 0 Å². The third-order valence-electron chi connectivity index (χ3n) is 3.67. The van der Waals surface area contributed by atoms with Gasteiger partial charge in [-0.2, -0.15) is 0 Å². The number of carbonyl (C=O) groups excluding carboxylic acids is 2. The van der Waals surface area contributed by atoms with Gasteiger partial charge >= 0.3 is 6.03 Å². The summed E-state index contributed by atoms with van der Waals surface area (Å²) in [6.07, 6.45) is 2.84. The van der Waals surface area contributed by atoms with Gasteiger partial charge in [0.1, 0.15) is 5.00 Å². The van der Waals surface area contributed by atoms with Crippen LogP contribution in [0.4, 0.5) is 15.5 Å². The molecule has 0 radical (unpaired) electrons. The average Bonchev–Trinajstić information content (AvgIpc) is 2.97. The van der Waals surface area contributed by atoms with E-state index in [2.05, 4.69) is 10.6 Å². The van der Waals surface area contributed by atoms with E-state index < -0.39 is 5.91 Å². The lowest BCUT2D eigenvalue weighted by Gasteiger charge is -2.08. The van der Waals surface area contributed by atoms with Crippen molar-refractivity contribution in [2.45, 2.75) is 26.2 Å². The quantitative estimate of drug-likeness (QED) is 0.812. The number of rotatable bonds is 3. The zero-order valence-electron chi connectivity index (χ0n) is 12.2. The molecule has 4 N–H and O–H groups in total. The molecular weight excluding hydrogens is 298 g/mol. The smallest absolute Gasteiger partial charge is 0.324 e. The predicted octanol–water partition coefficient (Wildman–Crippen LogP) is 3.29. The van der Waals surface area contributed by atoms with E-state index in [1.54, 1.807) is 0 Å². The van der Waals surface area contributed by atoms with Crippen molar-refractivity contribution in [3.05, 3.63) is 45.8 Å². The van der Waals surface area contributed by atoms with Crippen LogP contribution in [0, 0.1) is 6.92 Å². The lowest BCUT2D eigenvalue weighted by molar-refractivity contribution is 0.100. The molecule has 0 unspecified atom stereocenters. The van der Waals surface area contributed by atoms with Crippen molar-refractivity contribution >= 4 is 34.0 Å². The van der Waals surface area contributed by atoms with E-state index in [4.69, 9.17) is 5.73 Å². The number of urea groups is 1. The van der Waals surface area contributed by atoms with Gasteiger partial charge in [0.15, 0.2) is 0 Å². The van der Waals surface area contributed by atoms with Crippen LogP contribution in [0.1, 0.15) is 32.8 Å². The minimum atomic E-state index is -0.481. The molecule has 3 rings (SSSR count). The van der Waals surface area contributed by atoms with E-state index in [9.17, 15) is 9.59 Å². The molecule has 1 aromatic heterocycles. The first-order chi connectivity index (χ1) is 10.5. The number of amides is 3. The van der Waals surface area contributed by atoms with Gasteiger partial charge in [0, 0.05) is 10.6 Å². The Bertz CT molecular complexity index is 752. The summed E-state index contributed by atoms with van der Waals surface area (Å²) in [6.45, 7) is 1.96. The number of nitrogens with two attached hydrogens (primary N) is 1. The molecular formula is C16H17N3O2S. The Labute approximate surface area is 132 Å². The Balaban J connectivity index is 1.78. The molecule has 2 aromatic rings. The average molecular weight is 315 g/mol. The standard InChI is InChI=1S/C16H17N3O2S/c1-9-4-2-5-10(8-9)18-16(21)19-15-13(14(17)20)11-6-3-7-12(11)22-15/h2,4-5,8H,3,6-7H2,1H3,(H2,17,20)(H2,18,19,21). The summed E-state index contributed by atoms with van der Waals surface area (Å²) in [5, 5.41) is 6.07. The monoisotopic (exact) mass is 315 g/mol. The van der Waals surface area contributed by atoms with E-state index in [0.29, 0.717) is 16.3 Å². The number of nitrogens with one attached hydrogen (secondary N) is 2. The molecule has 1 heterocycles. The van der Waals surface area contributed by atoms with Crippen LogP contribution < -0.4 is 16.4 Å². The van der Waals surface area contributed by atoms with Crippen LogP contribution in [0.2, 0.25) is 0 Å². The highest BCUT2D eigenvalue weighted by atomic mass is 32.1. The number of hydrogen-bond acceptors (Lipinski definition) is 3. The van der Waals surface area contributed by atoms with Gasteiger partial charge in [-0.1, -0.05) is 12.1 Å². The van der Waals surface area contributed by atoms with Gasteiger partial charge in [-0.15, -0.1) is 11.3 Å². The van der Waals surface area contributed by atoms with Gasteiger partial charge in [0.05, 0.1) is 5.56 Å². The first-order valence-corrected chi connectivity index (χ1v) is 7.95. The highest BCUT2D eigenvalue weighted by Gasteiger charge is 2.26. The summed E-state index contributed by atoms with van der Waals surface area (Å²) in [7, 11) is 0. The van der Waals surface area contributed by atoms with Gasteiger partial charge in [-0.3, -0.25) is 10.1 Å². The minimum absolute atomic E-state index is 0.368. The summed E-state index contributed by atoms with van der Waals surface area (Å²) in [5.74, 6) is -0.481. The second-order valence-electron chi connectivity index (χ2n) is 5.37. The zero-order valence-corrected chi connectivity index (χ0v) is 13.0. The topological polar surface area (TPSA) is 84.2 Å². The molecule has 0 spiro atoms. The van der Waals surface area contributed by atoms with Crippen LogP contribution in [0.15, 0.2) is 24.3 Å². The molecule has 0 atom stereocenters. The first kappa shape index (κ1) is 14.6. The number of hydrogen-bond donors (Lipinski definition) is 3. The highest BCUT2D eigenvalue weighted by molar-refractivity contribution is 7.17. The lowest BCUT2D eigenvalue weighted by Crippen LogP contribution is -2.22. The van der Waals surface area contributed by atoms with Crippen molar-refractivity contribution in [2.24, 2.45) is 5.73 Å². The van der Waals surface area contributed by atoms with Crippen molar-refractivity contribution in [2.75, 3.05) is 10.6 Å². The van der Waals surface area contributed by atoms with Crippen molar-refractivity contribution in [3.63, 3.8) is 0 Å². The lowest BCUT2D eigenvalue weighted by atomic mass is 10.1. The van der Waals surface area contributed by atoms with E-state index in [1.807, 2.05) is 31.2 Å². The van der Waals surface area contributed by atoms with Gasteiger partial charge in [0.25, 0.3) is 5.91 Å². The van der Waals surface area contributed by atoms with Crippen LogP contribution in [-0.2, 0) is 12.8 Å². The van der Waals surface area contributed by atoms with Crippen LogP contribution in [0.5, 0.6) is 0 Å². The van der Waals surface area contributed by atoms with Crippen LogP contribution in [-0.4, -0.2) is 11.9 Å². The van der Waals surface area contributed by atoms with Crippen molar-refractivity contribution < 1.29 is 9.59 Å². The Hall–Kier alpha value is -2.34. The molecule has 1 aromatic carbocycles. The molecule has 1 aliphatic carbocycles. The molecule has 0 bridgehead atoms. The summed E-state index contributed by atoms with van der Waals surface area (Å²) < 4.78 is 0. The van der Waals surface area contributed by atoms with E-state index in [0.717, 1.165) is 35.3 Å². The molecule has 0 saturated heterocycles. The number of fused-ring (bicyclic) bond motifs is 1. The summed E-state index contributed by atoms with van der Waals surface area (Å²) >= 11 is 1.45. The predicted molar refractivity (Wildman–Crippen MR) is 88.7 cm³/mol. The normalized spacial score (nSPS) is 12.8. The number of aryl methyl sites for hydroxylation is 2. The van der Waals surface area contributed by atoms with Crippen molar-refractivity contribution in [1.29, 1.82) is 0 Å². The van der Waals surface area contributed by atoms with Crippen LogP contribution in [0.3, 0.4) is 0 Å². The Morgan fingerprint density at radius 2 is 2.05 bits per heavy atom. The number of thiophene rings is 1. The third-order valence-corrected chi connectivity index (χ3v) is 4.88. The Kier molecular flexibility index (Phi) is 3.85. The largest absolute Gasteiger partial charge is 0.365 e. The summed E-state index contributed by atoms with van der Waals surface area (Å²) in [6, 6.07) is 7.16. The van der Waals surface area contributed by atoms with Gasteiger partial charge in [-0.25, -0.2) is 4.79 Å². The summed E-state index contributed by atoms with van der Waals surface area (Å²) in [4.78, 5) is 25.0. The van der Waals surface area contributed by atoms with E-state index in [1.165, 1.54) is 11.3 Å². The fraction of sp³-hybridized carbons (Fsp3) is 0.250. The maximum atomic E-state index is 12.1.